The fourth-order valence-electron chi connectivity index (χ4n) is 1.62. The highest BCUT2D eigenvalue weighted by Gasteiger charge is 2.17. The molecule has 0 saturated heterocycles. The van der Waals surface area contributed by atoms with Gasteiger partial charge in [0.15, 0.2) is 0 Å². The molecule has 0 atom stereocenters. The molecule has 3 nitrogen and oxygen atoms in total. The lowest BCUT2D eigenvalue weighted by Gasteiger charge is -2.23. The largest absolute Gasteiger partial charge is 0.333 e. The molecule has 0 aliphatic carbocycles. The smallest absolute Gasteiger partial charge is 0.0948 e. The Morgan fingerprint density at radius 1 is 1.27 bits per heavy atom. The third-order valence-electron chi connectivity index (χ3n) is 2.09. The first-order chi connectivity index (χ1) is 6.67. The van der Waals surface area contributed by atoms with E-state index in [0.29, 0.717) is 0 Å². The quantitative estimate of drug-likeness (QED) is 0.829. The zero-order valence-corrected chi connectivity index (χ0v) is 10.5. The topological polar surface area (TPSA) is 43.8 Å². The summed E-state index contributed by atoms with van der Waals surface area (Å²) >= 11 is 0. The van der Waals surface area contributed by atoms with Crippen LogP contribution in [0.1, 0.15) is 40.3 Å². The van der Waals surface area contributed by atoms with Gasteiger partial charge in [0.25, 0.3) is 0 Å². The van der Waals surface area contributed by atoms with Crippen molar-refractivity contribution in [3.05, 3.63) is 18.2 Å². The molecule has 0 aromatic carbocycles. The van der Waals surface area contributed by atoms with Gasteiger partial charge in [-0.3, -0.25) is 0 Å². The number of imidazole rings is 1. The molecule has 2 N–H and O–H groups in total. The fraction of sp³-hybridized carbons (Fsp3) is 0.750. The van der Waals surface area contributed by atoms with Crippen LogP contribution in [-0.2, 0) is 13.0 Å². The third-order valence-corrected chi connectivity index (χ3v) is 2.09. The van der Waals surface area contributed by atoms with Crippen LogP contribution in [0.4, 0.5) is 0 Å². The molecular weight excluding hydrogens is 186 g/mol. The number of aromatic nitrogens is 2. The minimum atomic E-state index is -0.187. The molecule has 0 radical (unpaired) electrons. The Bertz CT molecular complexity index is 282. The number of hydrogen-bond acceptors (Lipinski definition) is 2. The van der Waals surface area contributed by atoms with Crippen LogP contribution in [0, 0.1) is 5.41 Å². The van der Waals surface area contributed by atoms with Crippen LogP contribution in [0.2, 0.25) is 0 Å². The molecule has 1 rings (SSSR count). The summed E-state index contributed by atoms with van der Waals surface area (Å²) in [6.45, 7) is 11.6. The summed E-state index contributed by atoms with van der Waals surface area (Å²) in [5.74, 6) is 0. The van der Waals surface area contributed by atoms with Crippen LogP contribution in [0.25, 0.3) is 0 Å². The highest BCUT2D eigenvalue weighted by molar-refractivity contribution is 5.02. The molecule has 0 saturated carbocycles. The second-order valence-electron chi connectivity index (χ2n) is 6.24. The molecule has 86 valence electrons. The Hall–Kier alpha value is -0.830. The van der Waals surface area contributed by atoms with Crippen LogP contribution in [0.3, 0.4) is 0 Å². The molecule has 0 spiro atoms. The first-order valence-corrected chi connectivity index (χ1v) is 5.45. The van der Waals surface area contributed by atoms with Crippen LogP contribution in [-0.4, -0.2) is 15.1 Å². The molecule has 0 aliphatic rings. The molecule has 0 aliphatic heterocycles. The van der Waals surface area contributed by atoms with Gasteiger partial charge in [0.05, 0.1) is 6.33 Å². The number of rotatable bonds is 3. The van der Waals surface area contributed by atoms with E-state index in [1.54, 1.807) is 0 Å². The van der Waals surface area contributed by atoms with Crippen LogP contribution < -0.4 is 5.73 Å². The van der Waals surface area contributed by atoms with Gasteiger partial charge in [-0.2, -0.15) is 0 Å². The predicted molar refractivity (Wildman–Crippen MR) is 63.7 cm³/mol. The number of nitrogens with two attached hydrogens (primary N) is 1. The second kappa shape index (κ2) is 3.97. The van der Waals surface area contributed by atoms with Crippen molar-refractivity contribution in [2.45, 2.75) is 53.1 Å². The van der Waals surface area contributed by atoms with E-state index in [1.165, 1.54) is 5.69 Å². The summed E-state index contributed by atoms with van der Waals surface area (Å²) < 4.78 is 2.16. The number of hydrogen-bond donors (Lipinski definition) is 1. The SMILES string of the molecule is CC(C)(C)Cc1cncn1CC(C)(C)N. The van der Waals surface area contributed by atoms with Crippen molar-refractivity contribution in [3.8, 4) is 0 Å². The summed E-state index contributed by atoms with van der Waals surface area (Å²) in [6.07, 6.45) is 4.84. The zero-order valence-electron chi connectivity index (χ0n) is 10.5. The van der Waals surface area contributed by atoms with E-state index in [9.17, 15) is 0 Å². The normalized spacial score (nSPS) is 13.2. The zero-order chi connectivity index (χ0) is 11.7. The van der Waals surface area contributed by atoms with E-state index < -0.39 is 0 Å². The average Bonchev–Trinajstić information content (AvgIpc) is 2.29. The molecular formula is C12H23N3. The lowest BCUT2D eigenvalue weighted by molar-refractivity contribution is 0.377. The molecule has 3 heteroatoms. The van der Waals surface area contributed by atoms with Gasteiger partial charge < -0.3 is 10.3 Å². The van der Waals surface area contributed by atoms with Crippen molar-refractivity contribution in [1.29, 1.82) is 0 Å². The number of nitrogens with zero attached hydrogens (tertiary/aromatic N) is 2. The molecule has 15 heavy (non-hydrogen) atoms. The lowest BCUT2D eigenvalue weighted by atomic mass is 9.90. The Balaban J connectivity index is 2.79. The maximum absolute atomic E-state index is 6.01. The maximum Gasteiger partial charge on any atom is 0.0948 e. The Kier molecular flexibility index (Phi) is 3.24. The highest BCUT2D eigenvalue weighted by atomic mass is 15.1. The molecule has 0 bridgehead atoms. The Morgan fingerprint density at radius 3 is 2.33 bits per heavy atom. The van der Waals surface area contributed by atoms with Gasteiger partial charge in [0.1, 0.15) is 0 Å². The van der Waals surface area contributed by atoms with Gasteiger partial charge in [-0.25, -0.2) is 4.98 Å². The van der Waals surface area contributed by atoms with Crippen molar-refractivity contribution < 1.29 is 0 Å². The summed E-state index contributed by atoms with van der Waals surface area (Å²) in [5.41, 5.74) is 7.38. The minimum absolute atomic E-state index is 0.187. The average molecular weight is 209 g/mol. The second-order valence-corrected chi connectivity index (χ2v) is 6.24. The van der Waals surface area contributed by atoms with Gasteiger partial charge in [0, 0.05) is 24.0 Å². The monoisotopic (exact) mass is 209 g/mol. The van der Waals surface area contributed by atoms with Crippen molar-refractivity contribution in [1.82, 2.24) is 9.55 Å². The predicted octanol–water partition coefficient (Wildman–Crippen LogP) is 2.21. The molecule has 0 amide bonds. The van der Waals surface area contributed by atoms with Gasteiger partial charge >= 0.3 is 0 Å². The van der Waals surface area contributed by atoms with Crippen molar-refractivity contribution >= 4 is 0 Å². The van der Waals surface area contributed by atoms with E-state index in [4.69, 9.17) is 5.73 Å². The lowest BCUT2D eigenvalue weighted by Crippen LogP contribution is -2.37. The van der Waals surface area contributed by atoms with Crippen molar-refractivity contribution in [2.75, 3.05) is 0 Å². The summed E-state index contributed by atoms with van der Waals surface area (Å²) in [5, 5.41) is 0. The summed E-state index contributed by atoms with van der Waals surface area (Å²) in [7, 11) is 0. The van der Waals surface area contributed by atoms with E-state index in [-0.39, 0.29) is 11.0 Å². The molecule has 1 aromatic rings. The maximum atomic E-state index is 6.01. The Morgan fingerprint density at radius 2 is 1.87 bits per heavy atom. The van der Waals surface area contributed by atoms with Gasteiger partial charge in [0.2, 0.25) is 0 Å². The van der Waals surface area contributed by atoms with E-state index >= 15 is 0 Å². The van der Waals surface area contributed by atoms with Gasteiger partial charge in [-0.15, -0.1) is 0 Å². The van der Waals surface area contributed by atoms with Gasteiger partial charge in [-0.1, -0.05) is 20.8 Å². The van der Waals surface area contributed by atoms with E-state index in [2.05, 4.69) is 30.3 Å². The van der Waals surface area contributed by atoms with Crippen LogP contribution in [0.5, 0.6) is 0 Å². The van der Waals surface area contributed by atoms with Crippen LogP contribution >= 0.6 is 0 Å². The fourth-order valence-corrected chi connectivity index (χ4v) is 1.62. The molecule has 1 aromatic heterocycles. The van der Waals surface area contributed by atoms with E-state index in [1.807, 2.05) is 26.4 Å². The van der Waals surface area contributed by atoms with Crippen LogP contribution in [0.15, 0.2) is 12.5 Å². The Labute approximate surface area is 92.7 Å². The first-order valence-electron chi connectivity index (χ1n) is 5.45. The van der Waals surface area contributed by atoms with Gasteiger partial charge in [-0.05, 0) is 25.7 Å². The molecule has 0 unspecified atom stereocenters. The highest BCUT2D eigenvalue weighted by Crippen LogP contribution is 2.20. The molecule has 1 heterocycles. The summed E-state index contributed by atoms with van der Waals surface area (Å²) in [6, 6.07) is 0. The standard InChI is InChI=1S/C12H23N3/c1-11(2,3)6-10-7-14-9-15(10)8-12(4,5)13/h7,9H,6,8,13H2,1-5H3. The first kappa shape index (κ1) is 12.2. The summed E-state index contributed by atoms with van der Waals surface area (Å²) in [4.78, 5) is 4.20. The minimum Gasteiger partial charge on any atom is -0.333 e. The molecule has 0 fully saturated rings. The third kappa shape index (κ3) is 4.47. The van der Waals surface area contributed by atoms with Crippen molar-refractivity contribution in [3.63, 3.8) is 0 Å². The van der Waals surface area contributed by atoms with Crippen molar-refractivity contribution in [2.24, 2.45) is 11.1 Å². The van der Waals surface area contributed by atoms with E-state index in [0.717, 1.165) is 13.0 Å².